The Morgan fingerprint density at radius 1 is 1.56 bits per heavy atom. The Morgan fingerprint density at radius 2 is 2.31 bits per heavy atom. The number of nitriles is 1. The van der Waals surface area contributed by atoms with Crippen molar-refractivity contribution in [3.8, 4) is 6.07 Å². The fraction of sp³-hybridized carbons (Fsp3) is 0.583. The molecule has 1 heterocycles. The Hall–Kier alpha value is -1.21. The van der Waals surface area contributed by atoms with Gasteiger partial charge in [0.1, 0.15) is 12.0 Å². The Kier molecular flexibility index (Phi) is 3.06. The highest BCUT2D eigenvalue weighted by Gasteiger charge is 2.35. The van der Waals surface area contributed by atoms with Crippen LogP contribution in [0.25, 0.3) is 0 Å². The molecule has 4 atom stereocenters. The van der Waals surface area contributed by atoms with Crippen LogP contribution < -0.4 is 5.32 Å². The van der Waals surface area contributed by atoms with Crippen molar-refractivity contribution < 1.29 is 8.78 Å². The Bertz CT molecular complexity index is 381. The molecule has 0 saturated carbocycles. The number of hydrogen-bond acceptors (Lipinski definition) is 2. The van der Waals surface area contributed by atoms with Crippen molar-refractivity contribution in [2.75, 3.05) is 6.54 Å². The van der Waals surface area contributed by atoms with E-state index in [1.807, 2.05) is 6.07 Å². The van der Waals surface area contributed by atoms with Crippen LogP contribution in [-0.4, -0.2) is 18.8 Å². The Labute approximate surface area is 93.6 Å². The molecule has 1 saturated heterocycles. The first-order chi connectivity index (χ1) is 7.61. The predicted molar refractivity (Wildman–Crippen MR) is 56.8 cm³/mol. The summed E-state index contributed by atoms with van der Waals surface area (Å²) in [5, 5.41) is 11.8. The largest absolute Gasteiger partial charge is 0.310 e. The molecular weight excluding hydrogens is 210 g/mol. The number of nitrogens with one attached hydrogen (secondary N) is 1. The van der Waals surface area contributed by atoms with E-state index in [2.05, 4.69) is 5.32 Å². The topological polar surface area (TPSA) is 35.8 Å². The van der Waals surface area contributed by atoms with Gasteiger partial charge in [0.2, 0.25) is 0 Å². The van der Waals surface area contributed by atoms with Gasteiger partial charge in [-0.2, -0.15) is 5.26 Å². The van der Waals surface area contributed by atoms with Crippen LogP contribution in [0.2, 0.25) is 0 Å². The first kappa shape index (κ1) is 11.3. The molecule has 2 nitrogen and oxygen atoms in total. The molecule has 2 aliphatic rings. The first-order valence-electron chi connectivity index (χ1n) is 5.48. The summed E-state index contributed by atoms with van der Waals surface area (Å²) in [5.41, 5.74) is 0.338. The second kappa shape index (κ2) is 4.34. The minimum Gasteiger partial charge on any atom is -0.310 e. The van der Waals surface area contributed by atoms with Gasteiger partial charge >= 0.3 is 0 Å². The van der Waals surface area contributed by atoms with Crippen molar-refractivity contribution in [3.05, 3.63) is 23.6 Å². The van der Waals surface area contributed by atoms with Gasteiger partial charge in [0.25, 0.3) is 0 Å². The number of nitrogens with zero attached hydrogens (tertiary/aromatic N) is 1. The van der Waals surface area contributed by atoms with Crippen LogP contribution in [-0.2, 0) is 0 Å². The van der Waals surface area contributed by atoms with Gasteiger partial charge < -0.3 is 5.32 Å². The predicted octanol–water partition coefficient (Wildman–Crippen LogP) is 2.26. The van der Waals surface area contributed by atoms with Crippen LogP contribution in [0.15, 0.2) is 23.6 Å². The molecule has 0 radical (unpaired) electrons. The number of hydrogen-bond donors (Lipinski definition) is 1. The SMILES string of the molecule is CC1C(F)=CC(C#N)=C[C@H]1C1C[C@H](F)CN1. The molecular formula is C12H14F2N2. The molecule has 0 spiro atoms. The summed E-state index contributed by atoms with van der Waals surface area (Å²) in [6, 6.07) is 1.88. The van der Waals surface area contributed by atoms with Crippen molar-refractivity contribution in [2.24, 2.45) is 11.8 Å². The number of rotatable bonds is 1. The van der Waals surface area contributed by atoms with E-state index < -0.39 is 6.17 Å². The van der Waals surface area contributed by atoms with E-state index in [0.717, 1.165) is 0 Å². The molecule has 1 fully saturated rings. The van der Waals surface area contributed by atoms with Gasteiger partial charge in [-0.3, -0.25) is 0 Å². The first-order valence-corrected chi connectivity index (χ1v) is 5.48. The third kappa shape index (κ3) is 2.00. The molecule has 0 bridgehead atoms. The zero-order valence-corrected chi connectivity index (χ0v) is 9.08. The zero-order chi connectivity index (χ0) is 11.7. The number of alkyl halides is 1. The molecule has 2 unspecified atom stereocenters. The smallest absolute Gasteiger partial charge is 0.114 e. The third-order valence-corrected chi connectivity index (χ3v) is 3.38. The van der Waals surface area contributed by atoms with Crippen LogP contribution in [0, 0.1) is 23.2 Å². The molecule has 1 aliphatic heterocycles. The molecule has 0 amide bonds. The van der Waals surface area contributed by atoms with Crippen LogP contribution >= 0.6 is 0 Å². The second-order valence-electron chi connectivity index (χ2n) is 4.48. The zero-order valence-electron chi connectivity index (χ0n) is 9.08. The van der Waals surface area contributed by atoms with Crippen LogP contribution in [0.4, 0.5) is 8.78 Å². The fourth-order valence-electron chi connectivity index (χ4n) is 2.41. The van der Waals surface area contributed by atoms with E-state index in [-0.39, 0.29) is 23.7 Å². The minimum absolute atomic E-state index is 0.0622. The quantitative estimate of drug-likeness (QED) is 0.741. The van der Waals surface area contributed by atoms with E-state index >= 15 is 0 Å². The van der Waals surface area contributed by atoms with Gasteiger partial charge in [0.15, 0.2) is 0 Å². The van der Waals surface area contributed by atoms with Crippen molar-refractivity contribution in [1.82, 2.24) is 5.32 Å². The van der Waals surface area contributed by atoms with Crippen molar-refractivity contribution in [2.45, 2.75) is 25.6 Å². The highest BCUT2D eigenvalue weighted by Crippen LogP contribution is 2.34. The summed E-state index contributed by atoms with van der Waals surface area (Å²) < 4.78 is 26.6. The monoisotopic (exact) mass is 224 g/mol. The van der Waals surface area contributed by atoms with E-state index in [1.165, 1.54) is 6.08 Å². The maximum absolute atomic E-state index is 13.6. The highest BCUT2D eigenvalue weighted by atomic mass is 19.1. The van der Waals surface area contributed by atoms with Crippen molar-refractivity contribution >= 4 is 0 Å². The molecule has 4 heteroatoms. The van der Waals surface area contributed by atoms with Gasteiger partial charge in [0, 0.05) is 24.4 Å². The normalized spacial score (nSPS) is 38.9. The standard InChI is InChI=1S/C12H14F2N2/c1-7-10(12-4-9(13)6-16-12)2-8(5-15)3-11(7)14/h2-3,7,9-10,12,16H,4,6H2,1H3/t7?,9-,10+,12?/m0/s1. The number of halogens is 2. The summed E-state index contributed by atoms with van der Waals surface area (Å²) in [7, 11) is 0. The van der Waals surface area contributed by atoms with E-state index in [0.29, 0.717) is 18.5 Å². The summed E-state index contributed by atoms with van der Waals surface area (Å²) in [6.45, 7) is 2.10. The van der Waals surface area contributed by atoms with E-state index in [9.17, 15) is 8.78 Å². The maximum Gasteiger partial charge on any atom is 0.114 e. The molecule has 2 rings (SSSR count). The highest BCUT2D eigenvalue weighted by molar-refractivity contribution is 5.39. The van der Waals surface area contributed by atoms with E-state index in [1.54, 1.807) is 13.0 Å². The maximum atomic E-state index is 13.6. The lowest BCUT2D eigenvalue weighted by Crippen LogP contribution is -2.34. The van der Waals surface area contributed by atoms with Crippen LogP contribution in [0.1, 0.15) is 13.3 Å². The molecule has 0 aromatic carbocycles. The van der Waals surface area contributed by atoms with Crippen LogP contribution in [0.3, 0.4) is 0 Å². The third-order valence-electron chi connectivity index (χ3n) is 3.38. The molecule has 86 valence electrons. The lowest BCUT2D eigenvalue weighted by Gasteiger charge is -2.28. The second-order valence-corrected chi connectivity index (χ2v) is 4.48. The van der Waals surface area contributed by atoms with Crippen molar-refractivity contribution in [1.29, 1.82) is 5.26 Å². The summed E-state index contributed by atoms with van der Waals surface area (Å²) in [4.78, 5) is 0. The Morgan fingerprint density at radius 3 is 2.88 bits per heavy atom. The lowest BCUT2D eigenvalue weighted by atomic mass is 9.80. The summed E-state index contributed by atoms with van der Waals surface area (Å²) in [6.07, 6.45) is 2.56. The number of allylic oxidation sites excluding steroid dienone is 3. The Balaban J connectivity index is 2.19. The van der Waals surface area contributed by atoms with Gasteiger partial charge in [-0.15, -0.1) is 0 Å². The molecule has 16 heavy (non-hydrogen) atoms. The van der Waals surface area contributed by atoms with Gasteiger partial charge in [0.05, 0.1) is 11.6 Å². The molecule has 0 aromatic rings. The average Bonchev–Trinajstić information content (AvgIpc) is 2.68. The van der Waals surface area contributed by atoms with Crippen molar-refractivity contribution in [3.63, 3.8) is 0 Å². The molecule has 1 aliphatic carbocycles. The van der Waals surface area contributed by atoms with Gasteiger partial charge in [-0.25, -0.2) is 8.78 Å². The van der Waals surface area contributed by atoms with E-state index in [4.69, 9.17) is 5.26 Å². The van der Waals surface area contributed by atoms with Crippen LogP contribution in [0.5, 0.6) is 0 Å². The fourth-order valence-corrected chi connectivity index (χ4v) is 2.41. The van der Waals surface area contributed by atoms with Gasteiger partial charge in [-0.1, -0.05) is 13.0 Å². The van der Waals surface area contributed by atoms with Gasteiger partial charge in [-0.05, 0) is 12.5 Å². The molecule has 1 N–H and O–H groups in total. The summed E-state index contributed by atoms with van der Waals surface area (Å²) in [5.74, 6) is -0.687. The lowest BCUT2D eigenvalue weighted by molar-refractivity contribution is 0.305. The average molecular weight is 224 g/mol. The summed E-state index contributed by atoms with van der Waals surface area (Å²) >= 11 is 0. The minimum atomic E-state index is -0.856. The molecule has 0 aromatic heterocycles.